The van der Waals surface area contributed by atoms with E-state index in [2.05, 4.69) is 20.3 Å². The van der Waals surface area contributed by atoms with Gasteiger partial charge in [0.15, 0.2) is 10.8 Å². The molecule has 0 radical (unpaired) electrons. The smallest absolute Gasteiger partial charge is 0.198 e. The minimum Gasteiger partial charge on any atom is -0.317 e. The van der Waals surface area contributed by atoms with Gasteiger partial charge in [0, 0.05) is 0 Å². The average molecular weight is 191 g/mol. The molecule has 2 aliphatic heterocycles. The maximum absolute atomic E-state index is 5.81. The van der Waals surface area contributed by atoms with Gasteiger partial charge >= 0.3 is 0 Å². The Bertz CT molecular complexity index is 270. The molecule has 0 spiro atoms. The van der Waals surface area contributed by atoms with Crippen LogP contribution in [0.2, 0.25) is 0 Å². The van der Waals surface area contributed by atoms with Crippen molar-refractivity contribution in [1.82, 2.24) is 5.32 Å². The van der Waals surface area contributed by atoms with Crippen LogP contribution in [0.5, 0.6) is 0 Å². The monoisotopic (exact) mass is 190 g/mol. The Hall–Kier alpha value is -0.610. The SMILES string of the molecule is ClC1=NC(Cl)C2N=CN=C2N1. The second-order valence-electron chi connectivity index (χ2n) is 2.14. The molecular weight excluding hydrogens is 187 g/mol. The highest BCUT2D eigenvalue weighted by Crippen LogP contribution is 2.17. The zero-order valence-electron chi connectivity index (χ0n) is 5.33. The first kappa shape index (κ1) is 7.06. The van der Waals surface area contributed by atoms with Crippen molar-refractivity contribution in [3.05, 3.63) is 0 Å². The Morgan fingerprint density at radius 1 is 1.55 bits per heavy atom. The number of nitrogens with zero attached hydrogens (tertiary/aromatic N) is 3. The molecule has 11 heavy (non-hydrogen) atoms. The van der Waals surface area contributed by atoms with Crippen LogP contribution in [-0.2, 0) is 0 Å². The van der Waals surface area contributed by atoms with Crippen molar-refractivity contribution in [1.29, 1.82) is 0 Å². The molecule has 0 aromatic rings. The molecule has 2 aliphatic rings. The van der Waals surface area contributed by atoms with E-state index in [1.54, 1.807) is 0 Å². The number of hydrogen-bond acceptors (Lipinski definition) is 4. The van der Waals surface area contributed by atoms with Crippen LogP contribution < -0.4 is 5.32 Å². The summed E-state index contributed by atoms with van der Waals surface area (Å²) in [6.45, 7) is 0. The van der Waals surface area contributed by atoms with E-state index in [-0.39, 0.29) is 11.3 Å². The fourth-order valence-electron chi connectivity index (χ4n) is 0.939. The van der Waals surface area contributed by atoms with Gasteiger partial charge in [0.25, 0.3) is 0 Å². The lowest BCUT2D eigenvalue weighted by Gasteiger charge is -2.19. The third kappa shape index (κ3) is 1.12. The highest BCUT2D eigenvalue weighted by atomic mass is 35.5. The Morgan fingerprint density at radius 3 is 3.18 bits per heavy atom. The van der Waals surface area contributed by atoms with E-state index in [9.17, 15) is 0 Å². The van der Waals surface area contributed by atoms with Gasteiger partial charge in [-0.05, 0) is 11.6 Å². The molecule has 1 N–H and O–H groups in total. The Labute approximate surface area is 73.0 Å². The molecule has 0 saturated heterocycles. The molecule has 2 rings (SSSR count). The van der Waals surface area contributed by atoms with E-state index in [0.29, 0.717) is 5.84 Å². The number of nitrogens with one attached hydrogen (secondary N) is 1. The molecular formula is C5H4Cl2N4. The first-order chi connectivity index (χ1) is 5.27. The molecule has 0 fully saturated rings. The standard InChI is InChI=1S/C5H4Cl2N4/c6-3-2-4(9-1-8-2)11-5(7)10-3/h1-3H,(H,8,9,10,11). The van der Waals surface area contributed by atoms with Gasteiger partial charge in [-0.2, -0.15) is 0 Å². The summed E-state index contributed by atoms with van der Waals surface area (Å²) in [5, 5.41) is 3.03. The van der Waals surface area contributed by atoms with Crippen LogP contribution in [0, 0.1) is 0 Å². The van der Waals surface area contributed by atoms with E-state index < -0.39 is 5.50 Å². The maximum atomic E-state index is 5.81. The number of alkyl halides is 1. The van der Waals surface area contributed by atoms with Crippen molar-refractivity contribution < 1.29 is 0 Å². The van der Waals surface area contributed by atoms with E-state index >= 15 is 0 Å². The van der Waals surface area contributed by atoms with Gasteiger partial charge in [-0.15, -0.1) is 0 Å². The molecule has 0 saturated carbocycles. The fourth-order valence-corrected chi connectivity index (χ4v) is 1.47. The molecule has 0 aliphatic carbocycles. The summed E-state index contributed by atoms with van der Waals surface area (Å²) < 4.78 is 0. The van der Waals surface area contributed by atoms with Crippen LogP contribution >= 0.6 is 23.2 Å². The van der Waals surface area contributed by atoms with Crippen molar-refractivity contribution in [2.75, 3.05) is 0 Å². The molecule has 2 heterocycles. The number of fused-ring (bicyclic) bond motifs is 1. The van der Waals surface area contributed by atoms with Crippen LogP contribution in [-0.4, -0.2) is 29.0 Å². The van der Waals surface area contributed by atoms with Crippen molar-refractivity contribution in [3.8, 4) is 0 Å². The number of rotatable bonds is 0. The van der Waals surface area contributed by atoms with Crippen LogP contribution in [0.25, 0.3) is 0 Å². The van der Waals surface area contributed by atoms with Crippen LogP contribution in [0.4, 0.5) is 0 Å². The van der Waals surface area contributed by atoms with Gasteiger partial charge in [-0.1, -0.05) is 11.6 Å². The summed E-state index contributed by atoms with van der Waals surface area (Å²) in [4.78, 5) is 11.8. The normalized spacial score (nSPS) is 34.0. The summed E-state index contributed by atoms with van der Waals surface area (Å²) in [7, 11) is 0. The van der Waals surface area contributed by atoms with E-state index in [0.717, 1.165) is 0 Å². The molecule has 0 amide bonds. The van der Waals surface area contributed by atoms with Crippen LogP contribution in [0.1, 0.15) is 0 Å². The molecule has 0 aromatic heterocycles. The van der Waals surface area contributed by atoms with E-state index in [1.165, 1.54) is 6.34 Å². The summed E-state index contributed by atoms with van der Waals surface area (Å²) in [5.74, 6) is 0.671. The zero-order chi connectivity index (χ0) is 7.84. The van der Waals surface area contributed by atoms with E-state index in [1.807, 2.05) is 0 Å². The predicted octanol–water partition coefficient (Wildman–Crippen LogP) is 0.558. The Balaban J connectivity index is 2.32. The molecule has 0 bridgehead atoms. The zero-order valence-corrected chi connectivity index (χ0v) is 6.84. The maximum Gasteiger partial charge on any atom is 0.198 e. The lowest BCUT2D eigenvalue weighted by atomic mass is 10.2. The van der Waals surface area contributed by atoms with Crippen LogP contribution in [0.15, 0.2) is 15.0 Å². The summed E-state index contributed by atoms with van der Waals surface area (Å²) in [6.07, 6.45) is 1.45. The third-order valence-corrected chi connectivity index (χ3v) is 1.96. The second kappa shape index (κ2) is 2.46. The first-order valence-electron chi connectivity index (χ1n) is 3.01. The summed E-state index contributed by atoms with van der Waals surface area (Å²) in [5.41, 5.74) is -0.429. The number of aliphatic imine (C=N–C) groups is 3. The van der Waals surface area contributed by atoms with Gasteiger partial charge in [0.05, 0.1) is 0 Å². The highest BCUT2D eigenvalue weighted by molar-refractivity contribution is 6.66. The van der Waals surface area contributed by atoms with Gasteiger partial charge in [0.2, 0.25) is 0 Å². The quantitative estimate of drug-likeness (QED) is 0.441. The van der Waals surface area contributed by atoms with Crippen molar-refractivity contribution in [3.63, 3.8) is 0 Å². The minimum absolute atomic E-state index is 0.181. The highest BCUT2D eigenvalue weighted by Gasteiger charge is 2.30. The molecule has 2 unspecified atom stereocenters. The molecule has 0 aromatic carbocycles. The molecule has 2 atom stereocenters. The number of halogens is 2. The lowest BCUT2D eigenvalue weighted by Crippen LogP contribution is -2.43. The number of amidine groups is 2. The second-order valence-corrected chi connectivity index (χ2v) is 2.95. The van der Waals surface area contributed by atoms with Crippen molar-refractivity contribution >= 4 is 40.7 Å². The van der Waals surface area contributed by atoms with Gasteiger partial charge in [-0.25, -0.2) is 9.98 Å². The molecule has 58 valence electrons. The average Bonchev–Trinajstić information content (AvgIpc) is 2.34. The minimum atomic E-state index is -0.429. The lowest BCUT2D eigenvalue weighted by molar-refractivity contribution is 0.782. The van der Waals surface area contributed by atoms with Crippen molar-refractivity contribution in [2.24, 2.45) is 15.0 Å². The van der Waals surface area contributed by atoms with Gasteiger partial charge < -0.3 is 5.32 Å². The van der Waals surface area contributed by atoms with Crippen molar-refractivity contribution in [2.45, 2.75) is 11.5 Å². The van der Waals surface area contributed by atoms with Gasteiger partial charge in [-0.3, -0.25) is 4.99 Å². The number of hydrogen-bond donors (Lipinski definition) is 1. The summed E-state index contributed by atoms with van der Waals surface area (Å²) in [6, 6.07) is -0.181. The topological polar surface area (TPSA) is 49.1 Å². The van der Waals surface area contributed by atoms with Gasteiger partial charge in [0.1, 0.15) is 18.2 Å². The molecule has 4 nitrogen and oxygen atoms in total. The largest absolute Gasteiger partial charge is 0.317 e. The fraction of sp³-hybridized carbons (Fsp3) is 0.400. The Kier molecular flexibility index (Phi) is 1.58. The Morgan fingerprint density at radius 2 is 2.36 bits per heavy atom. The predicted molar refractivity (Wildman–Crippen MR) is 45.8 cm³/mol. The molecule has 6 heteroatoms. The summed E-state index contributed by atoms with van der Waals surface area (Å²) >= 11 is 11.4. The first-order valence-corrected chi connectivity index (χ1v) is 3.82. The van der Waals surface area contributed by atoms with E-state index in [4.69, 9.17) is 23.2 Å². The third-order valence-electron chi connectivity index (χ3n) is 1.43. The van der Waals surface area contributed by atoms with Crippen LogP contribution in [0.3, 0.4) is 0 Å².